The zero-order valence-electron chi connectivity index (χ0n) is 11.2. The minimum Gasteiger partial charge on any atom is -0.331 e. The molecule has 0 spiro atoms. The Labute approximate surface area is 121 Å². The van der Waals surface area contributed by atoms with Crippen molar-refractivity contribution in [1.29, 1.82) is 0 Å². The molecule has 20 heavy (non-hydrogen) atoms. The first kappa shape index (κ1) is 12.3. The smallest absolute Gasteiger partial charge is 0.254 e. The molecular formula is C15H17N3OS. The Bertz CT molecular complexity index is 639. The summed E-state index contributed by atoms with van der Waals surface area (Å²) in [5.74, 6) is 0.191. The van der Waals surface area contributed by atoms with E-state index in [1.54, 1.807) is 11.3 Å². The number of fused-ring (bicyclic) bond motifs is 3. The second-order valence-corrected chi connectivity index (χ2v) is 6.51. The maximum absolute atomic E-state index is 12.9. The zero-order chi connectivity index (χ0) is 13.5. The molecule has 0 radical (unpaired) electrons. The van der Waals surface area contributed by atoms with E-state index in [9.17, 15) is 4.79 Å². The summed E-state index contributed by atoms with van der Waals surface area (Å²) in [7, 11) is 0. The number of hydrogen-bond donors (Lipinski definition) is 1. The van der Waals surface area contributed by atoms with Gasteiger partial charge in [-0.05, 0) is 44.0 Å². The molecule has 4 rings (SSSR count). The maximum atomic E-state index is 12.9. The Kier molecular flexibility index (Phi) is 2.97. The van der Waals surface area contributed by atoms with Gasteiger partial charge in [0, 0.05) is 24.2 Å². The number of nitrogens with one attached hydrogen (secondary N) is 1. The van der Waals surface area contributed by atoms with Gasteiger partial charge in [-0.25, -0.2) is 4.98 Å². The molecule has 0 saturated carbocycles. The minimum atomic E-state index is 0.191. The molecule has 2 fully saturated rings. The Balaban J connectivity index is 1.68. The second-order valence-electron chi connectivity index (χ2n) is 5.63. The standard InChI is InChI=1S/C15H17N3OS/c19-15(10-1-4-13-14(7-10)20-9-17-13)18-11-2-3-12(18)8-16-6-5-11/h1,4,7,9,11-12,16H,2-3,5-6,8H2. The van der Waals surface area contributed by atoms with Crippen LogP contribution >= 0.6 is 11.3 Å². The lowest BCUT2D eigenvalue weighted by Crippen LogP contribution is -2.42. The van der Waals surface area contributed by atoms with E-state index in [4.69, 9.17) is 0 Å². The number of thiazole rings is 1. The summed E-state index contributed by atoms with van der Waals surface area (Å²) in [5, 5.41) is 3.44. The number of hydrogen-bond acceptors (Lipinski definition) is 4. The van der Waals surface area contributed by atoms with Crippen LogP contribution in [0.2, 0.25) is 0 Å². The highest BCUT2D eigenvalue weighted by atomic mass is 32.1. The molecule has 2 saturated heterocycles. The van der Waals surface area contributed by atoms with Crippen molar-refractivity contribution in [3.05, 3.63) is 29.3 Å². The van der Waals surface area contributed by atoms with Gasteiger partial charge in [0.15, 0.2) is 0 Å². The summed E-state index contributed by atoms with van der Waals surface area (Å²) in [6.45, 7) is 1.96. The normalized spacial score (nSPS) is 25.9. The van der Waals surface area contributed by atoms with Crippen molar-refractivity contribution in [3.8, 4) is 0 Å². The number of rotatable bonds is 1. The highest BCUT2D eigenvalue weighted by molar-refractivity contribution is 7.16. The predicted octanol–water partition coefficient (Wildman–Crippen LogP) is 2.26. The summed E-state index contributed by atoms with van der Waals surface area (Å²) in [6, 6.07) is 6.65. The van der Waals surface area contributed by atoms with Crippen molar-refractivity contribution < 1.29 is 4.79 Å². The molecule has 4 nitrogen and oxygen atoms in total. The van der Waals surface area contributed by atoms with Crippen LogP contribution in [-0.4, -0.2) is 41.0 Å². The molecule has 3 heterocycles. The van der Waals surface area contributed by atoms with Gasteiger partial charge in [-0.1, -0.05) is 0 Å². The molecule has 2 aliphatic rings. The highest BCUT2D eigenvalue weighted by Gasteiger charge is 2.38. The fourth-order valence-corrected chi connectivity index (χ4v) is 4.17. The van der Waals surface area contributed by atoms with Gasteiger partial charge in [0.25, 0.3) is 5.91 Å². The van der Waals surface area contributed by atoms with Crippen molar-refractivity contribution in [1.82, 2.24) is 15.2 Å². The van der Waals surface area contributed by atoms with Crippen molar-refractivity contribution >= 4 is 27.5 Å². The summed E-state index contributed by atoms with van der Waals surface area (Å²) >= 11 is 1.59. The summed E-state index contributed by atoms with van der Waals surface area (Å²) in [6.07, 6.45) is 3.36. The van der Waals surface area contributed by atoms with Gasteiger partial charge in [0.05, 0.1) is 15.7 Å². The number of aromatic nitrogens is 1. The average molecular weight is 287 g/mol. The van der Waals surface area contributed by atoms with Gasteiger partial charge >= 0.3 is 0 Å². The Hall–Kier alpha value is -1.46. The molecule has 1 aromatic heterocycles. The van der Waals surface area contributed by atoms with Crippen LogP contribution in [0.4, 0.5) is 0 Å². The first-order valence-corrected chi connectivity index (χ1v) is 8.07. The lowest BCUT2D eigenvalue weighted by Gasteiger charge is -2.28. The number of nitrogens with zero attached hydrogens (tertiary/aromatic N) is 2. The Morgan fingerprint density at radius 2 is 2.20 bits per heavy atom. The van der Waals surface area contributed by atoms with Gasteiger partial charge in [-0.2, -0.15) is 0 Å². The monoisotopic (exact) mass is 287 g/mol. The van der Waals surface area contributed by atoms with E-state index in [0.717, 1.165) is 48.1 Å². The van der Waals surface area contributed by atoms with E-state index in [1.807, 2.05) is 23.7 Å². The molecule has 1 amide bonds. The van der Waals surface area contributed by atoms with E-state index in [-0.39, 0.29) is 5.91 Å². The Morgan fingerprint density at radius 3 is 3.15 bits per heavy atom. The van der Waals surface area contributed by atoms with Crippen molar-refractivity contribution in [2.45, 2.75) is 31.3 Å². The molecule has 104 valence electrons. The van der Waals surface area contributed by atoms with Crippen LogP contribution in [0, 0.1) is 0 Å². The van der Waals surface area contributed by atoms with Crippen LogP contribution in [0.1, 0.15) is 29.6 Å². The molecule has 2 aliphatic heterocycles. The Morgan fingerprint density at radius 1 is 1.30 bits per heavy atom. The topological polar surface area (TPSA) is 45.2 Å². The average Bonchev–Trinajstić information content (AvgIpc) is 3.00. The van der Waals surface area contributed by atoms with E-state index < -0.39 is 0 Å². The van der Waals surface area contributed by atoms with Crippen LogP contribution < -0.4 is 5.32 Å². The number of amides is 1. The van der Waals surface area contributed by atoms with Gasteiger partial charge in [0.2, 0.25) is 0 Å². The third kappa shape index (κ3) is 1.93. The molecule has 2 bridgehead atoms. The van der Waals surface area contributed by atoms with Crippen LogP contribution in [0.5, 0.6) is 0 Å². The molecule has 2 aromatic rings. The summed E-state index contributed by atoms with van der Waals surface area (Å²) in [4.78, 5) is 19.3. The highest BCUT2D eigenvalue weighted by Crippen LogP contribution is 2.30. The number of carbonyl (C=O) groups excluding carboxylic acids is 1. The molecule has 1 aromatic carbocycles. The molecule has 1 N–H and O–H groups in total. The van der Waals surface area contributed by atoms with Crippen LogP contribution in [0.3, 0.4) is 0 Å². The van der Waals surface area contributed by atoms with E-state index in [1.165, 1.54) is 0 Å². The summed E-state index contributed by atoms with van der Waals surface area (Å²) < 4.78 is 1.09. The van der Waals surface area contributed by atoms with Gasteiger partial charge in [-0.3, -0.25) is 4.79 Å². The molecule has 2 atom stereocenters. The fraction of sp³-hybridized carbons (Fsp3) is 0.467. The van der Waals surface area contributed by atoms with Gasteiger partial charge < -0.3 is 10.2 Å². The predicted molar refractivity (Wildman–Crippen MR) is 80.1 cm³/mol. The number of benzene rings is 1. The summed E-state index contributed by atoms with van der Waals surface area (Å²) in [5.41, 5.74) is 3.62. The van der Waals surface area contributed by atoms with E-state index >= 15 is 0 Å². The van der Waals surface area contributed by atoms with Crippen molar-refractivity contribution in [2.75, 3.05) is 13.1 Å². The quantitative estimate of drug-likeness (QED) is 0.875. The van der Waals surface area contributed by atoms with E-state index in [0.29, 0.717) is 12.1 Å². The molecule has 5 heteroatoms. The second kappa shape index (κ2) is 4.82. The van der Waals surface area contributed by atoms with Crippen LogP contribution in [-0.2, 0) is 0 Å². The lowest BCUT2D eigenvalue weighted by molar-refractivity contribution is 0.0680. The van der Waals surface area contributed by atoms with Gasteiger partial charge in [-0.15, -0.1) is 11.3 Å². The number of carbonyl (C=O) groups is 1. The molecule has 0 aliphatic carbocycles. The largest absolute Gasteiger partial charge is 0.331 e. The SMILES string of the molecule is O=C(c1ccc2ncsc2c1)N1C2CCNCC1CC2. The van der Waals surface area contributed by atoms with Crippen LogP contribution in [0.15, 0.2) is 23.7 Å². The van der Waals surface area contributed by atoms with Crippen LogP contribution in [0.25, 0.3) is 10.2 Å². The third-order valence-corrected chi connectivity index (χ3v) is 5.26. The first-order chi connectivity index (χ1) is 9.83. The third-order valence-electron chi connectivity index (χ3n) is 4.47. The van der Waals surface area contributed by atoms with Crippen molar-refractivity contribution in [2.24, 2.45) is 0 Å². The van der Waals surface area contributed by atoms with E-state index in [2.05, 4.69) is 15.2 Å². The zero-order valence-corrected chi connectivity index (χ0v) is 12.0. The van der Waals surface area contributed by atoms with Gasteiger partial charge in [0.1, 0.15) is 0 Å². The van der Waals surface area contributed by atoms with Crippen molar-refractivity contribution in [3.63, 3.8) is 0 Å². The fourth-order valence-electron chi connectivity index (χ4n) is 3.45. The molecular weight excluding hydrogens is 270 g/mol. The molecule has 2 unspecified atom stereocenters. The maximum Gasteiger partial charge on any atom is 0.254 e. The minimum absolute atomic E-state index is 0.191. The lowest BCUT2D eigenvalue weighted by atomic mass is 10.1. The first-order valence-electron chi connectivity index (χ1n) is 7.19.